The molecule has 2 atom stereocenters. The number of anilines is 1. The molecule has 2 heterocycles. The van der Waals surface area contributed by atoms with E-state index < -0.39 is 35.0 Å². The van der Waals surface area contributed by atoms with E-state index in [-0.39, 0.29) is 6.42 Å². The zero-order chi connectivity index (χ0) is 27.8. The molecule has 10 nitrogen and oxygen atoms in total. The maximum atomic E-state index is 13.5. The van der Waals surface area contributed by atoms with Crippen LogP contribution in [0.4, 0.5) is 10.5 Å². The third kappa shape index (κ3) is 8.09. The van der Waals surface area contributed by atoms with Crippen LogP contribution in [0.1, 0.15) is 27.9 Å². The number of ether oxygens (including phenoxy) is 1. The van der Waals surface area contributed by atoms with Gasteiger partial charge >= 0.3 is 6.09 Å². The number of nitrogens with zero attached hydrogens (tertiary/aromatic N) is 2. The number of thiol groups is 1. The van der Waals surface area contributed by atoms with E-state index in [0.717, 1.165) is 26.8 Å². The number of hydrogen-bond acceptors (Lipinski definition) is 9. The maximum absolute atomic E-state index is 13.5. The molecular weight excluding hydrogens is 559 g/mol. The highest BCUT2D eigenvalue weighted by Gasteiger charge is 2.26. The van der Waals surface area contributed by atoms with Gasteiger partial charge in [0.25, 0.3) is 0 Å². The third-order valence-electron chi connectivity index (χ3n) is 5.72. The summed E-state index contributed by atoms with van der Waals surface area (Å²) < 4.78 is 29.1. The van der Waals surface area contributed by atoms with E-state index in [4.69, 9.17) is 9.72 Å². The standard InChI is InChI=1S/C26H27N5O5S3/c1-16-27-23(15-37-16)25-29-22(14-38-25)20(12-18-8-10-19(11-9-18)31-39(34)35)28-24(32)21(30-26(33)36-2)13-17-6-4-3-5-7-17/h3-11,14-15,20-21,39H,12-13H2,1-2H3,(H,28,32)(H,30,33)(H,31,34,35)/t20-,21-/m0/s1. The Morgan fingerprint density at radius 3 is 2.28 bits per heavy atom. The molecule has 204 valence electrons. The maximum Gasteiger partial charge on any atom is 0.407 e. The first-order chi connectivity index (χ1) is 18.8. The van der Waals surface area contributed by atoms with E-state index in [2.05, 4.69) is 20.3 Å². The smallest absolute Gasteiger partial charge is 0.407 e. The number of benzene rings is 2. The van der Waals surface area contributed by atoms with Gasteiger partial charge in [0.1, 0.15) is 16.7 Å². The van der Waals surface area contributed by atoms with E-state index in [1.54, 1.807) is 24.3 Å². The SMILES string of the molecule is COC(=O)N[C@@H](Cc1ccccc1)C(=O)N[C@@H](Cc1ccc(N[SH](=O)=O)cc1)c1csc(-c2csc(C)n2)n1. The van der Waals surface area contributed by atoms with Gasteiger partial charge in [-0.1, -0.05) is 42.5 Å². The molecule has 4 rings (SSSR count). The van der Waals surface area contributed by atoms with Crippen LogP contribution in [0.15, 0.2) is 65.4 Å². The van der Waals surface area contributed by atoms with Gasteiger partial charge in [-0.3, -0.25) is 9.52 Å². The van der Waals surface area contributed by atoms with Crippen molar-refractivity contribution < 1.29 is 22.7 Å². The number of methoxy groups -OCH3 is 1. The molecule has 0 saturated carbocycles. The number of nitrogens with one attached hydrogen (secondary N) is 3. The fourth-order valence-electron chi connectivity index (χ4n) is 3.84. The molecule has 4 aromatic rings. The van der Waals surface area contributed by atoms with Gasteiger partial charge in [-0.25, -0.2) is 23.2 Å². The average molecular weight is 586 g/mol. The molecule has 39 heavy (non-hydrogen) atoms. The highest BCUT2D eigenvalue weighted by molar-refractivity contribution is 7.73. The van der Waals surface area contributed by atoms with Crippen LogP contribution in [0.2, 0.25) is 0 Å². The van der Waals surface area contributed by atoms with Crippen LogP contribution in [0.25, 0.3) is 10.7 Å². The zero-order valence-electron chi connectivity index (χ0n) is 21.1. The van der Waals surface area contributed by atoms with Gasteiger partial charge in [0.2, 0.25) is 16.8 Å². The van der Waals surface area contributed by atoms with Gasteiger partial charge in [-0.05, 0) is 36.6 Å². The second-order valence-corrected chi connectivity index (χ2v) is 11.2. The fraction of sp³-hybridized carbons (Fsp3) is 0.231. The minimum Gasteiger partial charge on any atom is -0.453 e. The molecular formula is C26H27N5O5S3. The molecule has 2 aromatic heterocycles. The van der Waals surface area contributed by atoms with Crippen molar-refractivity contribution in [1.82, 2.24) is 20.6 Å². The molecule has 0 aliphatic heterocycles. The van der Waals surface area contributed by atoms with Crippen molar-refractivity contribution >= 4 is 51.3 Å². The Kier molecular flexibility index (Phi) is 9.63. The summed E-state index contributed by atoms with van der Waals surface area (Å²) in [6.45, 7) is 1.93. The Morgan fingerprint density at radius 1 is 0.923 bits per heavy atom. The van der Waals surface area contributed by atoms with Crippen molar-refractivity contribution in [3.8, 4) is 10.7 Å². The normalized spacial score (nSPS) is 12.5. The summed E-state index contributed by atoms with van der Waals surface area (Å²) >= 11 is 2.96. The molecule has 0 radical (unpaired) electrons. The Morgan fingerprint density at radius 2 is 1.64 bits per heavy atom. The van der Waals surface area contributed by atoms with Crippen molar-refractivity contribution in [3.05, 3.63) is 87.2 Å². The number of carbonyl (C=O) groups excluding carboxylic acids is 2. The van der Waals surface area contributed by atoms with Gasteiger partial charge in [-0.15, -0.1) is 22.7 Å². The van der Waals surface area contributed by atoms with E-state index in [1.807, 2.05) is 48.0 Å². The second-order valence-electron chi connectivity index (χ2n) is 8.54. The first-order valence-corrected chi connectivity index (χ1v) is 14.8. The number of thiazole rings is 2. The Balaban J connectivity index is 1.60. The first-order valence-electron chi connectivity index (χ1n) is 11.9. The lowest BCUT2D eigenvalue weighted by molar-refractivity contribution is -0.123. The van der Waals surface area contributed by atoms with E-state index in [0.29, 0.717) is 17.8 Å². The summed E-state index contributed by atoms with van der Waals surface area (Å²) in [5.74, 6) is -0.394. The number of carbonyl (C=O) groups is 2. The summed E-state index contributed by atoms with van der Waals surface area (Å²) in [5, 5.41) is 11.2. The van der Waals surface area contributed by atoms with Crippen LogP contribution in [0, 0.1) is 6.92 Å². The summed E-state index contributed by atoms with van der Waals surface area (Å²) in [5.41, 5.74) is 3.59. The predicted molar refractivity (Wildman–Crippen MR) is 152 cm³/mol. The van der Waals surface area contributed by atoms with E-state index in [1.165, 1.54) is 29.8 Å². The Bertz CT molecular complexity index is 1480. The van der Waals surface area contributed by atoms with Gasteiger partial charge in [0.05, 0.1) is 23.9 Å². The molecule has 2 aromatic carbocycles. The molecule has 0 aliphatic carbocycles. The quantitative estimate of drug-likeness (QED) is 0.196. The topological polar surface area (TPSA) is 139 Å². The minimum absolute atomic E-state index is 0.267. The number of aryl methyl sites for hydroxylation is 1. The van der Waals surface area contributed by atoms with Crippen molar-refractivity contribution in [1.29, 1.82) is 0 Å². The number of aromatic nitrogens is 2. The number of alkyl carbamates (subject to hydrolysis) is 1. The van der Waals surface area contributed by atoms with Crippen LogP contribution in [0.3, 0.4) is 0 Å². The van der Waals surface area contributed by atoms with Gasteiger partial charge in [0.15, 0.2) is 0 Å². The van der Waals surface area contributed by atoms with Crippen molar-refractivity contribution in [2.45, 2.75) is 31.8 Å². The molecule has 0 aliphatic rings. The molecule has 3 N–H and O–H groups in total. The fourth-order valence-corrected chi connectivity index (χ4v) is 5.71. The Labute approximate surface area is 235 Å². The molecule has 13 heteroatoms. The number of rotatable bonds is 11. The highest BCUT2D eigenvalue weighted by Crippen LogP contribution is 2.29. The number of amides is 2. The van der Waals surface area contributed by atoms with E-state index >= 15 is 0 Å². The van der Waals surface area contributed by atoms with Crippen molar-refractivity contribution in [2.24, 2.45) is 0 Å². The molecule has 2 amide bonds. The third-order valence-corrected chi connectivity index (χ3v) is 7.82. The van der Waals surface area contributed by atoms with Gasteiger partial charge in [0, 0.05) is 22.9 Å². The lowest BCUT2D eigenvalue weighted by atomic mass is 10.0. The second kappa shape index (κ2) is 13.3. The molecule has 0 bridgehead atoms. The first kappa shape index (κ1) is 28.2. The van der Waals surface area contributed by atoms with Gasteiger partial charge in [-0.2, -0.15) is 0 Å². The van der Waals surface area contributed by atoms with Crippen LogP contribution in [-0.2, 0) is 33.3 Å². The molecule has 0 unspecified atom stereocenters. The Hall–Kier alpha value is -3.81. The average Bonchev–Trinajstić information content (AvgIpc) is 3.58. The number of hydrogen-bond donors (Lipinski definition) is 4. The van der Waals surface area contributed by atoms with Gasteiger partial charge < -0.3 is 15.4 Å². The monoisotopic (exact) mass is 585 g/mol. The lowest BCUT2D eigenvalue weighted by Crippen LogP contribution is -2.49. The van der Waals surface area contributed by atoms with Crippen molar-refractivity contribution in [2.75, 3.05) is 11.8 Å². The summed E-state index contributed by atoms with van der Waals surface area (Å²) in [4.78, 5) is 34.9. The highest BCUT2D eigenvalue weighted by atomic mass is 32.2. The van der Waals surface area contributed by atoms with E-state index in [9.17, 15) is 18.0 Å². The largest absolute Gasteiger partial charge is 0.453 e. The predicted octanol–water partition coefficient (Wildman–Crippen LogP) is 3.88. The van der Waals surface area contributed by atoms with Crippen LogP contribution < -0.4 is 15.4 Å². The lowest BCUT2D eigenvalue weighted by Gasteiger charge is -2.23. The zero-order valence-corrected chi connectivity index (χ0v) is 23.6. The summed E-state index contributed by atoms with van der Waals surface area (Å²) in [7, 11) is -1.53. The van der Waals surface area contributed by atoms with Crippen LogP contribution >= 0.6 is 22.7 Å². The van der Waals surface area contributed by atoms with Crippen LogP contribution in [0.5, 0.6) is 0 Å². The molecule has 0 spiro atoms. The van der Waals surface area contributed by atoms with Crippen LogP contribution in [-0.4, -0.2) is 43.5 Å². The summed E-state index contributed by atoms with van der Waals surface area (Å²) in [6.07, 6.45) is -0.0643. The molecule has 0 saturated heterocycles. The minimum atomic E-state index is -2.77. The van der Waals surface area contributed by atoms with Crippen molar-refractivity contribution in [3.63, 3.8) is 0 Å². The summed E-state index contributed by atoms with van der Waals surface area (Å²) in [6, 6.07) is 14.8. The molecule has 0 fully saturated rings.